The second-order valence-corrected chi connectivity index (χ2v) is 2.33. The minimum absolute atomic E-state index is 0.954. The average molecular weight is 145 g/mol. The van der Waals surface area contributed by atoms with Crippen LogP contribution in [0.2, 0.25) is 0 Å². The summed E-state index contributed by atoms with van der Waals surface area (Å²) in [7, 11) is 5.29. The van der Waals surface area contributed by atoms with E-state index in [2.05, 4.69) is 5.10 Å². The second kappa shape index (κ2) is 4.24. The van der Waals surface area contributed by atoms with Crippen molar-refractivity contribution in [2.75, 3.05) is 21.2 Å². The molecule has 0 rings (SSSR count). The molecule has 0 aliphatic rings. The number of hydrogen-bond acceptors (Lipinski definition) is 4. The number of hydrazine groups is 1. The monoisotopic (exact) mass is 145 g/mol. The largest absolute Gasteiger partial charge is 0.245 e. The summed E-state index contributed by atoms with van der Waals surface area (Å²) in [5.41, 5.74) is 0.954. The van der Waals surface area contributed by atoms with Crippen LogP contribution in [0.1, 0.15) is 13.8 Å². The zero-order chi connectivity index (χ0) is 8.15. The SMILES string of the molecule is CON(N=C(C)C)N(C)C. The van der Waals surface area contributed by atoms with Gasteiger partial charge in [0.1, 0.15) is 0 Å². The fourth-order valence-electron chi connectivity index (χ4n) is 0.465. The Kier molecular flexibility index (Phi) is 3.99. The highest BCUT2D eigenvalue weighted by molar-refractivity contribution is 5.78. The minimum atomic E-state index is 0.954. The van der Waals surface area contributed by atoms with E-state index in [9.17, 15) is 0 Å². The molecule has 0 spiro atoms. The van der Waals surface area contributed by atoms with Gasteiger partial charge in [-0.2, -0.15) is 5.01 Å². The van der Waals surface area contributed by atoms with Crippen LogP contribution in [-0.4, -0.2) is 37.2 Å². The molecule has 0 aromatic heterocycles. The van der Waals surface area contributed by atoms with Crippen LogP contribution in [0.4, 0.5) is 0 Å². The third kappa shape index (κ3) is 3.42. The zero-order valence-electron chi connectivity index (χ0n) is 7.25. The Bertz CT molecular complexity index is 118. The first-order valence-electron chi connectivity index (χ1n) is 3.11. The maximum atomic E-state index is 4.89. The summed E-state index contributed by atoms with van der Waals surface area (Å²) in [4.78, 5) is 4.89. The van der Waals surface area contributed by atoms with Crippen LogP contribution in [0, 0.1) is 0 Å². The Balaban J connectivity index is 3.96. The Morgan fingerprint density at radius 3 is 1.90 bits per heavy atom. The minimum Gasteiger partial charge on any atom is -0.245 e. The summed E-state index contributed by atoms with van der Waals surface area (Å²) in [6.45, 7) is 3.82. The van der Waals surface area contributed by atoms with Gasteiger partial charge in [0, 0.05) is 19.8 Å². The highest BCUT2D eigenvalue weighted by Gasteiger charge is 1.99. The highest BCUT2D eigenvalue weighted by atomic mass is 16.7. The van der Waals surface area contributed by atoms with Crippen molar-refractivity contribution in [2.45, 2.75) is 13.8 Å². The number of rotatable bonds is 3. The van der Waals surface area contributed by atoms with E-state index in [1.165, 1.54) is 5.28 Å². The number of nitrogens with zero attached hydrogens (tertiary/aromatic N) is 3. The molecule has 0 aliphatic heterocycles. The lowest BCUT2D eigenvalue weighted by atomic mass is 10.5. The zero-order valence-corrected chi connectivity index (χ0v) is 7.25. The molecule has 0 saturated carbocycles. The maximum Gasteiger partial charge on any atom is 0.0673 e. The smallest absolute Gasteiger partial charge is 0.0673 e. The second-order valence-electron chi connectivity index (χ2n) is 2.33. The van der Waals surface area contributed by atoms with Gasteiger partial charge in [0.25, 0.3) is 0 Å². The summed E-state index contributed by atoms with van der Waals surface area (Å²) in [5.74, 6) is 0. The van der Waals surface area contributed by atoms with Gasteiger partial charge in [-0.05, 0) is 13.8 Å². The Labute approximate surface area is 62.0 Å². The van der Waals surface area contributed by atoms with Gasteiger partial charge >= 0.3 is 0 Å². The first-order chi connectivity index (χ1) is 4.57. The fourth-order valence-corrected chi connectivity index (χ4v) is 0.465. The number of hydrazone groups is 1. The molecule has 10 heavy (non-hydrogen) atoms. The first kappa shape index (κ1) is 9.39. The van der Waals surface area contributed by atoms with Crippen molar-refractivity contribution in [3.63, 3.8) is 0 Å². The van der Waals surface area contributed by atoms with Crippen LogP contribution in [0.25, 0.3) is 0 Å². The molecule has 60 valence electrons. The van der Waals surface area contributed by atoms with Crippen LogP contribution in [0.15, 0.2) is 5.10 Å². The molecule has 0 radical (unpaired) electrons. The van der Waals surface area contributed by atoms with Crippen molar-refractivity contribution in [3.8, 4) is 0 Å². The molecule has 0 bridgehead atoms. The molecular weight excluding hydrogens is 130 g/mol. The lowest BCUT2D eigenvalue weighted by molar-refractivity contribution is -0.249. The molecule has 0 N–H and O–H groups in total. The van der Waals surface area contributed by atoms with E-state index in [0.29, 0.717) is 0 Å². The quantitative estimate of drug-likeness (QED) is 0.432. The molecule has 0 aromatic carbocycles. The third-order valence-corrected chi connectivity index (χ3v) is 0.791. The molecule has 0 heterocycles. The predicted octanol–water partition coefficient (Wildman–Crippen LogP) is 0.722. The van der Waals surface area contributed by atoms with Gasteiger partial charge in [0.2, 0.25) is 0 Å². The van der Waals surface area contributed by atoms with E-state index in [-0.39, 0.29) is 0 Å². The lowest BCUT2D eigenvalue weighted by Crippen LogP contribution is -2.31. The summed E-state index contributed by atoms with van der Waals surface area (Å²) in [5, 5.41) is 7.20. The van der Waals surface area contributed by atoms with Crippen LogP contribution in [0.3, 0.4) is 0 Å². The van der Waals surface area contributed by atoms with E-state index < -0.39 is 0 Å². The molecule has 0 amide bonds. The van der Waals surface area contributed by atoms with Crippen molar-refractivity contribution in [1.82, 2.24) is 10.3 Å². The summed E-state index contributed by atoms with van der Waals surface area (Å²) < 4.78 is 0. The molecule has 0 aliphatic carbocycles. The van der Waals surface area contributed by atoms with Crippen molar-refractivity contribution in [3.05, 3.63) is 0 Å². The van der Waals surface area contributed by atoms with Crippen molar-refractivity contribution < 1.29 is 4.84 Å². The van der Waals surface area contributed by atoms with Crippen LogP contribution in [0.5, 0.6) is 0 Å². The first-order valence-corrected chi connectivity index (χ1v) is 3.11. The molecule has 0 fully saturated rings. The van der Waals surface area contributed by atoms with E-state index in [1.807, 2.05) is 27.9 Å². The Morgan fingerprint density at radius 1 is 1.30 bits per heavy atom. The average Bonchev–Trinajstić information content (AvgIpc) is 1.81. The van der Waals surface area contributed by atoms with E-state index in [1.54, 1.807) is 12.1 Å². The number of hydrogen-bond donors (Lipinski definition) is 0. The van der Waals surface area contributed by atoms with Crippen molar-refractivity contribution in [2.24, 2.45) is 5.10 Å². The van der Waals surface area contributed by atoms with Gasteiger partial charge in [-0.25, -0.2) is 4.84 Å². The van der Waals surface area contributed by atoms with Gasteiger partial charge in [-0.15, -0.1) is 5.10 Å². The lowest BCUT2D eigenvalue weighted by Gasteiger charge is -2.22. The fraction of sp³-hybridized carbons (Fsp3) is 0.833. The normalized spacial score (nSPS) is 9.80. The molecule has 0 saturated heterocycles. The Morgan fingerprint density at radius 2 is 1.80 bits per heavy atom. The van der Waals surface area contributed by atoms with Gasteiger partial charge in [-0.1, -0.05) is 5.28 Å². The Hall–Kier alpha value is -0.610. The van der Waals surface area contributed by atoms with E-state index in [4.69, 9.17) is 4.84 Å². The van der Waals surface area contributed by atoms with Crippen LogP contribution < -0.4 is 0 Å². The van der Waals surface area contributed by atoms with E-state index >= 15 is 0 Å². The summed E-state index contributed by atoms with van der Waals surface area (Å²) >= 11 is 0. The highest BCUT2D eigenvalue weighted by Crippen LogP contribution is 1.92. The van der Waals surface area contributed by atoms with Crippen LogP contribution in [-0.2, 0) is 4.84 Å². The van der Waals surface area contributed by atoms with Crippen molar-refractivity contribution in [1.29, 1.82) is 0 Å². The van der Waals surface area contributed by atoms with Crippen LogP contribution >= 0.6 is 0 Å². The predicted molar refractivity (Wildman–Crippen MR) is 41.3 cm³/mol. The van der Waals surface area contributed by atoms with Gasteiger partial charge < -0.3 is 0 Å². The molecular formula is C6H15N3O. The molecule has 0 atom stereocenters. The third-order valence-electron chi connectivity index (χ3n) is 0.791. The van der Waals surface area contributed by atoms with Gasteiger partial charge in [0.05, 0.1) is 7.11 Å². The van der Waals surface area contributed by atoms with Gasteiger partial charge in [0.15, 0.2) is 0 Å². The molecule has 0 unspecified atom stereocenters. The summed E-state index contributed by atoms with van der Waals surface area (Å²) in [6.07, 6.45) is 0. The molecule has 4 heteroatoms. The topological polar surface area (TPSA) is 28.1 Å². The maximum absolute atomic E-state index is 4.89. The molecule has 4 nitrogen and oxygen atoms in total. The summed E-state index contributed by atoms with van der Waals surface area (Å²) in [6, 6.07) is 0. The molecule has 0 aromatic rings. The van der Waals surface area contributed by atoms with E-state index in [0.717, 1.165) is 5.71 Å². The van der Waals surface area contributed by atoms with Crippen molar-refractivity contribution >= 4 is 5.71 Å². The van der Waals surface area contributed by atoms with Gasteiger partial charge in [-0.3, -0.25) is 0 Å². The standard InChI is InChI=1S/C6H15N3O/c1-6(2)7-9(10-5)8(3)4/h1-5H3.